The standard InChI is InChI=1S/C20H19FN4OS2/c1-4-18-23-16(10-27-18)12(3)22-19(26)17-9-15-11(2)24-25(20(15)28-17)14-7-5-13(21)6-8-14/h5-10,12H,4H2,1-3H3,(H,22,26). The van der Waals surface area contributed by atoms with E-state index in [1.165, 1.54) is 23.5 Å². The number of carbonyl (C=O) groups excluding carboxylic acids is 1. The predicted molar refractivity (Wildman–Crippen MR) is 111 cm³/mol. The lowest BCUT2D eigenvalue weighted by Gasteiger charge is -2.10. The molecule has 0 aliphatic heterocycles. The molecule has 3 aromatic heterocycles. The van der Waals surface area contributed by atoms with Crippen molar-refractivity contribution < 1.29 is 9.18 Å². The van der Waals surface area contributed by atoms with E-state index in [1.54, 1.807) is 28.2 Å². The Hall–Kier alpha value is -2.58. The van der Waals surface area contributed by atoms with Crippen molar-refractivity contribution in [1.29, 1.82) is 0 Å². The number of hydrogen-bond acceptors (Lipinski definition) is 5. The molecule has 144 valence electrons. The zero-order valence-electron chi connectivity index (χ0n) is 15.7. The van der Waals surface area contributed by atoms with Gasteiger partial charge in [0.2, 0.25) is 0 Å². The summed E-state index contributed by atoms with van der Waals surface area (Å²) in [5.41, 5.74) is 2.47. The summed E-state index contributed by atoms with van der Waals surface area (Å²) in [6, 6.07) is 7.86. The second-order valence-electron chi connectivity index (χ2n) is 6.52. The van der Waals surface area contributed by atoms with Crippen molar-refractivity contribution in [2.75, 3.05) is 0 Å². The van der Waals surface area contributed by atoms with Gasteiger partial charge >= 0.3 is 0 Å². The molecule has 0 aliphatic rings. The number of aryl methyl sites for hydroxylation is 2. The first-order valence-electron chi connectivity index (χ1n) is 8.96. The fraction of sp³-hybridized carbons (Fsp3) is 0.250. The first kappa shape index (κ1) is 18.8. The number of amides is 1. The number of thiophene rings is 1. The Labute approximate surface area is 169 Å². The molecule has 0 aliphatic carbocycles. The average molecular weight is 415 g/mol. The van der Waals surface area contributed by atoms with Gasteiger partial charge in [-0.05, 0) is 50.6 Å². The van der Waals surface area contributed by atoms with Crippen molar-refractivity contribution in [3.8, 4) is 5.69 Å². The van der Waals surface area contributed by atoms with Crippen LogP contribution in [0.15, 0.2) is 35.7 Å². The molecule has 1 unspecified atom stereocenters. The molecule has 1 atom stereocenters. The van der Waals surface area contributed by atoms with Crippen LogP contribution >= 0.6 is 22.7 Å². The van der Waals surface area contributed by atoms with Gasteiger partial charge in [-0.3, -0.25) is 4.79 Å². The topological polar surface area (TPSA) is 59.8 Å². The zero-order chi connectivity index (χ0) is 19.8. The van der Waals surface area contributed by atoms with Crippen LogP contribution in [-0.2, 0) is 6.42 Å². The van der Waals surface area contributed by atoms with Crippen molar-refractivity contribution in [3.05, 3.63) is 62.8 Å². The number of hydrogen-bond donors (Lipinski definition) is 1. The summed E-state index contributed by atoms with van der Waals surface area (Å²) in [6.07, 6.45) is 0.890. The number of aromatic nitrogens is 3. The van der Waals surface area contributed by atoms with Gasteiger partial charge in [-0.2, -0.15) is 5.10 Å². The molecule has 0 bridgehead atoms. The smallest absolute Gasteiger partial charge is 0.261 e. The molecule has 8 heteroatoms. The molecule has 5 nitrogen and oxygen atoms in total. The van der Waals surface area contributed by atoms with E-state index in [1.807, 2.05) is 25.3 Å². The normalized spacial score (nSPS) is 12.4. The zero-order valence-corrected chi connectivity index (χ0v) is 17.3. The van der Waals surface area contributed by atoms with Crippen molar-refractivity contribution in [1.82, 2.24) is 20.1 Å². The maximum absolute atomic E-state index is 13.2. The van der Waals surface area contributed by atoms with Crippen LogP contribution in [0.2, 0.25) is 0 Å². The number of halogens is 1. The van der Waals surface area contributed by atoms with E-state index in [0.717, 1.165) is 38.7 Å². The highest BCUT2D eigenvalue weighted by Gasteiger charge is 2.19. The second-order valence-corrected chi connectivity index (χ2v) is 8.49. The molecule has 0 saturated heterocycles. The number of fused-ring (bicyclic) bond motifs is 1. The number of nitrogens with zero attached hydrogens (tertiary/aromatic N) is 3. The average Bonchev–Trinajstić information content (AvgIpc) is 3.39. The van der Waals surface area contributed by atoms with E-state index in [4.69, 9.17) is 0 Å². The van der Waals surface area contributed by atoms with Crippen LogP contribution < -0.4 is 5.32 Å². The third kappa shape index (κ3) is 3.45. The molecule has 1 amide bonds. The summed E-state index contributed by atoms with van der Waals surface area (Å²) in [5.74, 6) is -0.429. The van der Waals surface area contributed by atoms with Gasteiger partial charge in [-0.1, -0.05) is 6.92 Å². The minimum atomic E-state index is -0.294. The van der Waals surface area contributed by atoms with Gasteiger partial charge in [-0.15, -0.1) is 22.7 Å². The van der Waals surface area contributed by atoms with E-state index in [0.29, 0.717) is 4.88 Å². The Kier molecular flexibility index (Phi) is 4.99. The number of benzene rings is 1. The van der Waals surface area contributed by atoms with Crippen molar-refractivity contribution in [2.45, 2.75) is 33.2 Å². The van der Waals surface area contributed by atoms with Gasteiger partial charge in [0.25, 0.3) is 5.91 Å². The summed E-state index contributed by atoms with van der Waals surface area (Å²) < 4.78 is 15.0. The van der Waals surface area contributed by atoms with Crippen LogP contribution in [0.5, 0.6) is 0 Å². The van der Waals surface area contributed by atoms with Crippen LogP contribution in [0.25, 0.3) is 15.9 Å². The molecule has 0 saturated carbocycles. The maximum atomic E-state index is 13.2. The van der Waals surface area contributed by atoms with Crippen LogP contribution in [0, 0.1) is 12.7 Å². The highest BCUT2D eigenvalue weighted by atomic mass is 32.1. The summed E-state index contributed by atoms with van der Waals surface area (Å²) in [5, 5.41) is 11.5. The summed E-state index contributed by atoms with van der Waals surface area (Å²) >= 11 is 2.99. The minimum Gasteiger partial charge on any atom is -0.343 e. The first-order valence-corrected chi connectivity index (χ1v) is 10.7. The Morgan fingerprint density at radius 3 is 2.75 bits per heavy atom. The summed E-state index contributed by atoms with van der Waals surface area (Å²) in [7, 11) is 0. The van der Waals surface area contributed by atoms with Crippen molar-refractivity contribution >= 4 is 38.8 Å². The first-order chi connectivity index (χ1) is 13.5. The lowest BCUT2D eigenvalue weighted by atomic mass is 10.2. The highest BCUT2D eigenvalue weighted by Crippen LogP contribution is 2.31. The molecule has 3 heterocycles. The van der Waals surface area contributed by atoms with Gasteiger partial charge in [-0.25, -0.2) is 14.1 Å². The van der Waals surface area contributed by atoms with Crippen molar-refractivity contribution in [2.24, 2.45) is 0 Å². The summed E-state index contributed by atoms with van der Waals surface area (Å²) in [6.45, 7) is 5.90. The molecular weight excluding hydrogens is 395 g/mol. The molecule has 0 radical (unpaired) electrons. The van der Waals surface area contributed by atoms with Crippen LogP contribution in [0.1, 0.15) is 46.0 Å². The lowest BCUT2D eigenvalue weighted by Crippen LogP contribution is -2.26. The Morgan fingerprint density at radius 2 is 2.07 bits per heavy atom. The van der Waals surface area contributed by atoms with Gasteiger partial charge in [0.15, 0.2) is 0 Å². The number of carbonyl (C=O) groups is 1. The number of nitrogens with one attached hydrogen (secondary N) is 1. The van der Waals surface area contributed by atoms with Gasteiger partial charge in [0.1, 0.15) is 10.6 Å². The Morgan fingerprint density at radius 1 is 1.32 bits per heavy atom. The number of rotatable bonds is 5. The third-order valence-electron chi connectivity index (χ3n) is 4.50. The molecule has 4 rings (SSSR count). The van der Waals surface area contributed by atoms with E-state index < -0.39 is 0 Å². The SMILES string of the molecule is CCc1nc(C(C)NC(=O)c2cc3c(C)nn(-c4ccc(F)cc4)c3s2)cs1. The predicted octanol–water partition coefficient (Wildman–Crippen LogP) is 5.04. The van der Waals surface area contributed by atoms with E-state index >= 15 is 0 Å². The minimum absolute atomic E-state index is 0.134. The summed E-state index contributed by atoms with van der Waals surface area (Å²) in [4.78, 5) is 18.8. The number of thiazole rings is 1. The highest BCUT2D eigenvalue weighted by molar-refractivity contribution is 7.20. The van der Waals surface area contributed by atoms with E-state index in [9.17, 15) is 9.18 Å². The van der Waals surface area contributed by atoms with Crippen molar-refractivity contribution in [3.63, 3.8) is 0 Å². The Balaban J connectivity index is 1.61. The van der Waals surface area contributed by atoms with Gasteiger partial charge < -0.3 is 5.32 Å². The molecule has 0 spiro atoms. The lowest BCUT2D eigenvalue weighted by molar-refractivity contribution is 0.0943. The fourth-order valence-electron chi connectivity index (χ4n) is 2.94. The quantitative estimate of drug-likeness (QED) is 0.497. The maximum Gasteiger partial charge on any atom is 0.261 e. The fourth-order valence-corrected chi connectivity index (χ4v) is 4.87. The van der Waals surface area contributed by atoms with Gasteiger partial charge in [0.05, 0.1) is 33.0 Å². The molecule has 1 N–H and O–H groups in total. The molecule has 28 heavy (non-hydrogen) atoms. The molecular formula is C20H19FN4OS2. The molecule has 4 aromatic rings. The van der Waals surface area contributed by atoms with Gasteiger partial charge in [0, 0.05) is 10.8 Å². The van der Waals surface area contributed by atoms with Crippen LogP contribution in [0.3, 0.4) is 0 Å². The molecule has 0 fully saturated rings. The third-order valence-corrected chi connectivity index (χ3v) is 6.62. The van der Waals surface area contributed by atoms with Crippen LogP contribution in [-0.4, -0.2) is 20.7 Å². The van der Waals surface area contributed by atoms with E-state index in [-0.39, 0.29) is 17.8 Å². The van der Waals surface area contributed by atoms with Crippen LogP contribution in [0.4, 0.5) is 4.39 Å². The Bertz CT molecular complexity index is 1140. The largest absolute Gasteiger partial charge is 0.343 e. The monoisotopic (exact) mass is 414 g/mol. The molecule has 1 aromatic carbocycles. The van der Waals surface area contributed by atoms with E-state index in [2.05, 4.69) is 22.3 Å². The second kappa shape index (κ2) is 7.44.